The van der Waals surface area contributed by atoms with E-state index < -0.39 is 11.8 Å². The minimum Gasteiger partial charge on any atom is -0.469 e. The van der Waals surface area contributed by atoms with Gasteiger partial charge in [-0.3, -0.25) is 25.2 Å². The van der Waals surface area contributed by atoms with E-state index in [0.29, 0.717) is 24.4 Å². The number of carbonyl (C=O) groups excluding carboxylic acids is 3. The molecule has 1 fully saturated rings. The van der Waals surface area contributed by atoms with E-state index in [4.69, 9.17) is 4.42 Å². The first-order valence-electron chi connectivity index (χ1n) is 8.00. The summed E-state index contributed by atoms with van der Waals surface area (Å²) >= 11 is 0. The molecule has 0 bridgehead atoms. The van der Waals surface area contributed by atoms with Crippen molar-refractivity contribution in [3.8, 4) is 0 Å². The SMILES string of the molecule is Cc1occc1C(=O)NNC(=O)C1CC(=O)N(Cc2ccccc2)C1. The summed E-state index contributed by atoms with van der Waals surface area (Å²) in [4.78, 5) is 37.9. The van der Waals surface area contributed by atoms with Gasteiger partial charge in [-0.05, 0) is 18.6 Å². The fourth-order valence-corrected chi connectivity index (χ4v) is 2.81. The minimum atomic E-state index is -0.484. The molecular weight excluding hydrogens is 322 g/mol. The Kier molecular flexibility index (Phi) is 4.83. The second-order valence-corrected chi connectivity index (χ2v) is 5.99. The van der Waals surface area contributed by atoms with Gasteiger partial charge >= 0.3 is 0 Å². The first-order chi connectivity index (χ1) is 12.0. The average molecular weight is 341 g/mol. The maximum atomic E-state index is 12.2. The number of rotatable bonds is 4. The second-order valence-electron chi connectivity index (χ2n) is 5.99. The fraction of sp³-hybridized carbons (Fsp3) is 0.278. The highest BCUT2D eigenvalue weighted by atomic mass is 16.3. The molecule has 1 aromatic heterocycles. The average Bonchev–Trinajstić information content (AvgIpc) is 3.19. The van der Waals surface area contributed by atoms with Gasteiger partial charge in [0.25, 0.3) is 5.91 Å². The van der Waals surface area contributed by atoms with Crippen LogP contribution in [-0.2, 0) is 16.1 Å². The van der Waals surface area contributed by atoms with Gasteiger partial charge in [0.15, 0.2) is 0 Å². The van der Waals surface area contributed by atoms with Crippen LogP contribution in [0.15, 0.2) is 47.1 Å². The maximum absolute atomic E-state index is 12.2. The molecule has 1 aromatic carbocycles. The second kappa shape index (κ2) is 7.21. The fourth-order valence-electron chi connectivity index (χ4n) is 2.81. The van der Waals surface area contributed by atoms with Crippen LogP contribution < -0.4 is 10.9 Å². The van der Waals surface area contributed by atoms with E-state index in [9.17, 15) is 14.4 Å². The molecular formula is C18H19N3O4. The number of likely N-dealkylation sites (tertiary alicyclic amines) is 1. The van der Waals surface area contributed by atoms with Gasteiger partial charge in [-0.15, -0.1) is 0 Å². The smallest absolute Gasteiger partial charge is 0.273 e. The van der Waals surface area contributed by atoms with Gasteiger partial charge in [0.05, 0.1) is 17.7 Å². The van der Waals surface area contributed by atoms with Crippen LogP contribution in [0.25, 0.3) is 0 Å². The first-order valence-corrected chi connectivity index (χ1v) is 8.00. The molecule has 1 unspecified atom stereocenters. The van der Waals surface area contributed by atoms with Crippen molar-refractivity contribution in [2.24, 2.45) is 5.92 Å². The number of carbonyl (C=O) groups is 3. The molecule has 7 heteroatoms. The lowest BCUT2D eigenvalue weighted by molar-refractivity contribution is -0.129. The van der Waals surface area contributed by atoms with Crippen molar-refractivity contribution < 1.29 is 18.8 Å². The molecule has 3 amide bonds. The van der Waals surface area contributed by atoms with Crippen LogP contribution in [0.5, 0.6) is 0 Å². The number of amides is 3. The summed E-state index contributed by atoms with van der Waals surface area (Å²) in [6, 6.07) is 11.1. The molecule has 1 saturated heterocycles. The monoisotopic (exact) mass is 341 g/mol. The lowest BCUT2D eigenvalue weighted by Gasteiger charge is -2.16. The third-order valence-electron chi connectivity index (χ3n) is 4.20. The predicted octanol–water partition coefficient (Wildman–Crippen LogP) is 1.40. The van der Waals surface area contributed by atoms with Crippen molar-refractivity contribution in [2.75, 3.05) is 6.54 Å². The van der Waals surface area contributed by atoms with Crippen LogP contribution in [0, 0.1) is 12.8 Å². The Bertz CT molecular complexity index is 785. The number of nitrogens with one attached hydrogen (secondary N) is 2. The molecule has 1 aliphatic heterocycles. The van der Waals surface area contributed by atoms with Crippen LogP contribution in [-0.4, -0.2) is 29.2 Å². The maximum Gasteiger partial charge on any atom is 0.273 e. The molecule has 130 valence electrons. The Morgan fingerprint density at radius 3 is 2.64 bits per heavy atom. The molecule has 1 aliphatic rings. The molecule has 0 radical (unpaired) electrons. The molecule has 3 rings (SSSR count). The number of furan rings is 1. The largest absolute Gasteiger partial charge is 0.469 e. The molecule has 7 nitrogen and oxygen atoms in total. The molecule has 1 atom stereocenters. The van der Waals surface area contributed by atoms with Gasteiger partial charge in [-0.1, -0.05) is 30.3 Å². The van der Waals surface area contributed by atoms with E-state index >= 15 is 0 Å². The molecule has 2 aromatic rings. The summed E-state index contributed by atoms with van der Waals surface area (Å²) in [5.74, 6) is -0.914. The van der Waals surface area contributed by atoms with Gasteiger partial charge in [0.2, 0.25) is 11.8 Å². The summed E-state index contributed by atoms with van der Waals surface area (Å²) in [7, 11) is 0. The number of nitrogens with zero attached hydrogens (tertiary/aromatic N) is 1. The molecule has 25 heavy (non-hydrogen) atoms. The Labute approximate surface area is 145 Å². The Morgan fingerprint density at radius 2 is 1.96 bits per heavy atom. The summed E-state index contributed by atoms with van der Waals surface area (Å²) in [6.07, 6.45) is 1.54. The number of hydrogen-bond acceptors (Lipinski definition) is 4. The predicted molar refractivity (Wildman–Crippen MR) is 89.0 cm³/mol. The van der Waals surface area contributed by atoms with Crippen molar-refractivity contribution in [2.45, 2.75) is 19.9 Å². The summed E-state index contributed by atoms with van der Waals surface area (Å²) in [5.41, 5.74) is 6.11. The molecule has 2 heterocycles. The van der Waals surface area contributed by atoms with Crippen LogP contribution in [0.3, 0.4) is 0 Å². The third kappa shape index (κ3) is 3.88. The quantitative estimate of drug-likeness (QED) is 0.822. The topological polar surface area (TPSA) is 91.6 Å². The highest BCUT2D eigenvalue weighted by molar-refractivity contribution is 5.97. The van der Waals surface area contributed by atoms with E-state index in [1.807, 2.05) is 30.3 Å². The minimum absolute atomic E-state index is 0.0685. The Balaban J connectivity index is 1.52. The van der Waals surface area contributed by atoms with Crippen molar-refractivity contribution in [3.05, 3.63) is 59.5 Å². The normalized spacial score (nSPS) is 16.8. The van der Waals surface area contributed by atoms with Crippen molar-refractivity contribution in [3.63, 3.8) is 0 Å². The van der Waals surface area contributed by atoms with Gasteiger partial charge < -0.3 is 9.32 Å². The zero-order chi connectivity index (χ0) is 17.8. The number of hydrazine groups is 1. The number of hydrogen-bond donors (Lipinski definition) is 2. The number of aryl methyl sites for hydroxylation is 1. The zero-order valence-corrected chi connectivity index (χ0v) is 13.8. The van der Waals surface area contributed by atoms with Gasteiger partial charge in [0.1, 0.15) is 5.76 Å². The molecule has 0 spiro atoms. The standard InChI is InChI=1S/C18H19N3O4/c1-12-15(7-8-25-12)18(24)20-19-17(23)14-9-16(22)21(11-14)10-13-5-3-2-4-6-13/h2-8,14H,9-11H2,1H3,(H,19,23)(H,20,24). The van der Waals surface area contributed by atoms with Crippen molar-refractivity contribution in [1.29, 1.82) is 0 Å². The van der Waals surface area contributed by atoms with Gasteiger partial charge in [-0.2, -0.15) is 0 Å². The lowest BCUT2D eigenvalue weighted by Crippen LogP contribution is -2.45. The van der Waals surface area contributed by atoms with Crippen LogP contribution >= 0.6 is 0 Å². The highest BCUT2D eigenvalue weighted by Crippen LogP contribution is 2.20. The van der Waals surface area contributed by atoms with E-state index in [1.54, 1.807) is 11.8 Å². The van der Waals surface area contributed by atoms with Gasteiger partial charge in [-0.25, -0.2) is 0 Å². The molecule has 2 N–H and O–H groups in total. The van der Waals surface area contributed by atoms with E-state index in [2.05, 4.69) is 10.9 Å². The Morgan fingerprint density at radius 1 is 1.20 bits per heavy atom. The van der Waals surface area contributed by atoms with Crippen molar-refractivity contribution >= 4 is 17.7 Å². The summed E-state index contributed by atoms with van der Waals surface area (Å²) in [5, 5.41) is 0. The van der Waals surface area contributed by atoms with Gasteiger partial charge in [0, 0.05) is 19.5 Å². The Hall–Kier alpha value is -3.09. The number of benzene rings is 1. The van der Waals surface area contributed by atoms with E-state index in [0.717, 1.165) is 5.56 Å². The van der Waals surface area contributed by atoms with E-state index in [1.165, 1.54) is 12.3 Å². The highest BCUT2D eigenvalue weighted by Gasteiger charge is 2.34. The first kappa shape index (κ1) is 16.8. The van der Waals surface area contributed by atoms with Crippen LogP contribution in [0.2, 0.25) is 0 Å². The summed E-state index contributed by atoms with van der Waals surface area (Å²) < 4.78 is 5.05. The van der Waals surface area contributed by atoms with Crippen molar-refractivity contribution in [1.82, 2.24) is 15.8 Å². The van der Waals surface area contributed by atoms with E-state index in [-0.39, 0.29) is 18.2 Å². The zero-order valence-electron chi connectivity index (χ0n) is 13.8. The van der Waals surface area contributed by atoms with Crippen LogP contribution in [0.4, 0.5) is 0 Å². The third-order valence-corrected chi connectivity index (χ3v) is 4.20. The molecule has 0 aliphatic carbocycles. The molecule has 0 saturated carbocycles. The lowest BCUT2D eigenvalue weighted by atomic mass is 10.1. The summed E-state index contributed by atoms with van der Waals surface area (Å²) in [6.45, 7) is 2.47. The van der Waals surface area contributed by atoms with Crippen LogP contribution in [0.1, 0.15) is 28.1 Å².